The maximum atomic E-state index is 13.9. The first-order chi connectivity index (χ1) is 28.0. The van der Waals surface area contributed by atoms with Gasteiger partial charge in [0.15, 0.2) is 0 Å². The minimum atomic E-state index is -0.337. The highest BCUT2D eigenvalue weighted by Crippen LogP contribution is 2.18. The standard InChI is InChI=1S/C51H98N4O2/c1-5-8-11-13-15-17-19-21-23-25-27-29-31-33-35-38-42-52-51(57)49(40-36-10-7-3)55(44-39-43-54-47-45-53(4)46-48-54)50(56)41-37-34-32-30-28-26-24-22-20-18-16-14-12-9-6-2/h16,18,22,24,49H,5-15,17,19-21,23,25-48H2,1-4H3,(H,52,57)/b18-16-,24-22-. The van der Waals surface area contributed by atoms with Gasteiger partial charge >= 0.3 is 0 Å². The summed E-state index contributed by atoms with van der Waals surface area (Å²) < 4.78 is 0. The van der Waals surface area contributed by atoms with Crippen LogP contribution in [0, 0.1) is 0 Å². The van der Waals surface area contributed by atoms with Crippen molar-refractivity contribution < 1.29 is 9.59 Å². The highest BCUT2D eigenvalue weighted by molar-refractivity contribution is 5.87. The van der Waals surface area contributed by atoms with E-state index in [2.05, 4.69) is 67.2 Å². The third-order valence-corrected chi connectivity index (χ3v) is 12.2. The highest BCUT2D eigenvalue weighted by Gasteiger charge is 2.29. The SMILES string of the molecule is CCCCC/C=C\C/C=C\CCCCCCCC(=O)N(CCCN1CCN(C)CC1)C(CCCCC)C(=O)NCCCCCCCCCCCCCCCCCC. The van der Waals surface area contributed by atoms with E-state index < -0.39 is 0 Å². The first-order valence-electron chi connectivity index (χ1n) is 25.3. The fourth-order valence-corrected chi connectivity index (χ4v) is 8.24. The summed E-state index contributed by atoms with van der Waals surface area (Å²) in [6.45, 7) is 13.6. The van der Waals surface area contributed by atoms with Gasteiger partial charge in [0.25, 0.3) is 0 Å². The van der Waals surface area contributed by atoms with E-state index in [-0.39, 0.29) is 17.9 Å². The Morgan fingerprint density at radius 2 is 1.00 bits per heavy atom. The van der Waals surface area contributed by atoms with E-state index >= 15 is 0 Å². The average molecular weight is 799 g/mol. The third-order valence-electron chi connectivity index (χ3n) is 12.2. The normalized spacial score (nSPS) is 14.6. The molecule has 0 saturated carbocycles. The van der Waals surface area contributed by atoms with Crippen LogP contribution >= 0.6 is 0 Å². The lowest BCUT2D eigenvalue weighted by Gasteiger charge is -2.34. The molecule has 1 unspecified atom stereocenters. The molecule has 1 saturated heterocycles. The van der Waals surface area contributed by atoms with E-state index in [0.717, 1.165) is 103 Å². The predicted molar refractivity (Wildman–Crippen MR) is 250 cm³/mol. The number of carbonyl (C=O) groups excluding carboxylic acids is 2. The molecule has 0 aromatic rings. The van der Waals surface area contributed by atoms with Crippen molar-refractivity contribution in [2.24, 2.45) is 0 Å². The largest absolute Gasteiger partial charge is 0.354 e. The van der Waals surface area contributed by atoms with Gasteiger partial charge in [0.05, 0.1) is 0 Å². The van der Waals surface area contributed by atoms with Crippen molar-refractivity contribution in [2.45, 2.75) is 239 Å². The van der Waals surface area contributed by atoms with Gasteiger partial charge in [0, 0.05) is 45.7 Å². The van der Waals surface area contributed by atoms with E-state index in [9.17, 15) is 9.59 Å². The van der Waals surface area contributed by atoms with E-state index in [4.69, 9.17) is 0 Å². The molecular formula is C51H98N4O2. The quantitative estimate of drug-likeness (QED) is 0.0494. The number of nitrogens with one attached hydrogen (secondary N) is 1. The number of amides is 2. The van der Waals surface area contributed by atoms with Gasteiger partial charge in [-0.2, -0.15) is 0 Å². The van der Waals surface area contributed by atoms with Crippen LogP contribution in [0.5, 0.6) is 0 Å². The number of hydrogen-bond donors (Lipinski definition) is 1. The molecule has 1 rings (SSSR count). The van der Waals surface area contributed by atoms with E-state index in [1.54, 1.807) is 0 Å². The second-order valence-corrected chi connectivity index (χ2v) is 17.7. The van der Waals surface area contributed by atoms with Gasteiger partial charge in [0.2, 0.25) is 11.8 Å². The fraction of sp³-hybridized carbons (Fsp3) is 0.882. The number of likely N-dealkylation sites (N-methyl/N-ethyl adjacent to an activating group) is 1. The van der Waals surface area contributed by atoms with Crippen molar-refractivity contribution in [1.82, 2.24) is 20.0 Å². The van der Waals surface area contributed by atoms with Crippen LogP contribution < -0.4 is 5.32 Å². The molecule has 1 aliphatic rings. The number of rotatable bonds is 41. The minimum Gasteiger partial charge on any atom is -0.354 e. The van der Waals surface area contributed by atoms with E-state index in [1.165, 1.54) is 141 Å². The zero-order valence-electron chi connectivity index (χ0n) is 38.8. The average Bonchev–Trinajstić information content (AvgIpc) is 3.21. The van der Waals surface area contributed by atoms with Crippen LogP contribution in [-0.2, 0) is 9.59 Å². The number of carbonyl (C=O) groups is 2. The summed E-state index contributed by atoms with van der Waals surface area (Å²) in [5, 5.41) is 3.30. The van der Waals surface area contributed by atoms with Gasteiger partial charge in [-0.1, -0.05) is 193 Å². The second kappa shape index (κ2) is 41.1. The van der Waals surface area contributed by atoms with E-state index in [0.29, 0.717) is 13.0 Å². The van der Waals surface area contributed by atoms with Crippen molar-refractivity contribution in [3.05, 3.63) is 24.3 Å². The fourth-order valence-electron chi connectivity index (χ4n) is 8.24. The molecule has 2 amide bonds. The molecule has 0 radical (unpaired) electrons. The summed E-state index contributed by atoms with van der Waals surface area (Å²) in [4.78, 5) is 34.7. The van der Waals surface area contributed by atoms with Gasteiger partial charge in [-0.05, 0) is 71.4 Å². The van der Waals surface area contributed by atoms with Gasteiger partial charge in [-0.25, -0.2) is 0 Å². The minimum absolute atomic E-state index is 0.0834. The topological polar surface area (TPSA) is 55.9 Å². The van der Waals surface area contributed by atoms with Gasteiger partial charge in [0.1, 0.15) is 6.04 Å². The first-order valence-corrected chi connectivity index (χ1v) is 25.3. The lowest BCUT2D eigenvalue weighted by molar-refractivity contribution is -0.141. The Morgan fingerprint density at radius 1 is 0.544 bits per heavy atom. The molecule has 1 heterocycles. The summed E-state index contributed by atoms with van der Waals surface area (Å²) in [7, 11) is 2.20. The zero-order chi connectivity index (χ0) is 41.3. The second-order valence-electron chi connectivity index (χ2n) is 17.7. The Hall–Kier alpha value is -1.66. The number of nitrogens with zero attached hydrogens (tertiary/aromatic N) is 3. The van der Waals surface area contributed by atoms with Crippen LogP contribution in [0.1, 0.15) is 233 Å². The van der Waals surface area contributed by atoms with Crippen LogP contribution in [0.15, 0.2) is 24.3 Å². The van der Waals surface area contributed by atoms with E-state index in [1.807, 2.05) is 4.90 Å². The van der Waals surface area contributed by atoms with Crippen LogP contribution in [0.25, 0.3) is 0 Å². The van der Waals surface area contributed by atoms with Crippen molar-refractivity contribution >= 4 is 11.8 Å². The number of piperazine rings is 1. The summed E-state index contributed by atoms with van der Waals surface area (Å²) in [5.74, 6) is 0.276. The Labute approximate surface area is 356 Å². The Morgan fingerprint density at radius 3 is 1.56 bits per heavy atom. The van der Waals surface area contributed by atoms with Crippen molar-refractivity contribution in [2.75, 3.05) is 52.9 Å². The Bertz CT molecular complexity index is 944. The zero-order valence-corrected chi connectivity index (χ0v) is 38.8. The molecule has 1 atom stereocenters. The predicted octanol–water partition coefficient (Wildman–Crippen LogP) is 13.6. The molecule has 0 aromatic carbocycles. The third kappa shape index (κ3) is 32.8. The maximum absolute atomic E-state index is 13.9. The Kier molecular flexibility index (Phi) is 38.5. The molecule has 0 aromatic heterocycles. The molecule has 1 aliphatic heterocycles. The van der Waals surface area contributed by atoms with Crippen molar-refractivity contribution in [3.63, 3.8) is 0 Å². The molecule has 57 heavy (non-hydrogen) atoms. The molecule has 6 nitrogen and oxygen atoms in total. The van der Waals surface area contributed by atoms with Gasteiger partial charge < -0.3 is 20.0 Å². The lowest BCUT2D eigenvalue weighted by atomic mass is 10.0. The lowest BCUT2D eigenvalue weighted by Crippen LogP contribution is -2.51. The summed E-state index contributed by atoms with van der Waals surface area (Å²) in [6.07, 6.45) is 49.4. The molecule has 1 N–H and O–H groups in total. The van der Waals surface area contributed by atoms with Gasteiger partial charge in [-0.3, -0.25) is 9.59 Å². The number of unbranched alkanes of at least 4 members (excludes halogenated alkanes) is 25. The highest BCUT2D eigenvalue weighted by atomic mass is 16.2. The molecule has 0 spiro atoms. The molecule has 1 fully saturated rings. The summed E-state index contributed by atoms with van der Waals surface area (Å²) in [6, 6.07) is -0.337. The molecular weight excluding hydrogens is 701 g/mol. The summed E-state index contributed by atoms with van der Waals surface area (Å²) in [5.41, 5.74) is 0. The maximum Gasteiger partial charge on any atom is 0.242 e. The number of hydrogen-bond acceptors (Lipinski definition) is 4. The van der Waals surface area contributed by atoms with Crippen LogP contribution in [0.2, 0.25) is 0 Å². The van der Waals surface area contributed by atoms with Crippen LogP contribution in [-0.4, -0.2) is 85.4 Å². The molecule has 334 valence electrons. The van der Waals surface area contributed by atoms with Crippen LogP contribution in [0.4, 0.5) is 0 Å². The summed E-state index contributed by atoms with van der Waals surface area (Å²) >= 11 is 0. The van der Waals surface area contributed by atoms with Crippen molar-refractivity contribution in [3.8, 4) is 0 Å². The molecule has 0 aliphatic carbocycles. The number of allylic oxidation sites excluding steroid dienone is 4. The first kappa shape index (κ1) is 53.4. The van der Waals surface area contributed by atoms with Crippen LogP contribution in [0.3, 0.4) is 0 Å². The van der Waals surface area contributed by atoms with Gasteiger partial charge in [-0.15, -0.1) is 0 Å². The molecule has 6 heteroatoms. The van der Waals surface area contributed by atoms with Crippen molar-refractivity contribution in [1.29, 1.82) is 0 Å². The smallest absolute Gasteiger partial charge is 0.242 e. The monoisotopic (exact) mass is 799 g/mol. The Balaban J connectivity index is 2.46. The molecule has 0 bridgehead atoms.